The van der Waals surface area contributed by atoms with E-state index in [0.717, 1.165) is 21.6 Å². The Morgan fingerprint density at radius 3 is 1.88 bits per heavy atom. The summed E-state index contributed by atoms with van der Waals surface area (Å²) in [6.07, 6.45) is -1.42. The molecule has 2 fully saturated rings. The van der Waals surface area contributed by atoms with Gasteiger partial charge in [-0.2, -0.15) is 0 Å². The number of carboxylic acid groups (broad SMARTS) is 1. The molecule has 0 spiro atoms. The smallest absolute Gasteiger partial charge is 0.303 e. The van der Waals surface area contributed by atoms with Gasteiger partial charge in [0, 0.05) is 99.7 Å². The fraction of sp³-hybridized carbons (Fsp3) is 0.478. The number of carbonyl (C=O) groups excluding carboxylic acids is 13. The van der Waals surface area contributed by atoms with E-state index in [4.69, 9.17) is 28.3 Å². The molecule has 3 heterocycles. The van der Waals surface area contributed by atoms with Crippen molar-refractivity contribution in [2.24, 2.45) is 28.9 Å². The van der Waals surface area contributed by atoms with Crippen LogP contribution in [0.1, 0.15) is 94.7 Å². The number of phenolic OH excluding ortho intramolecular Hbond substituents is 2. The highest BCUT2D eigenvalue weighted by atomic mass is 33.1. The summed E-state index contributed by atoms with van der Waals surface area (Å²) in [5.41, 5.74) is 24.5. The van der Waals surface area contributed by atoms with Crippen LogP contribution < -0.4 is 81.4 Å². The molecule has 6 rings (SSSR count). The van der Waals surface area contributed by atoms with E-state index in [1.165, 1.54) is 53.4 Å². The number of aromatic hydroxyl groups is 2. The van der Waals surface area contributed by atoms with Crippen LogP contribution in [0.15, 0.2) is 79.0 Å². The number of nitrogens with one attached hydrogen (secondary N) is 13. The third kappa shape index (κ3) is 26.3. The maximum absolute atomic E-state index is 15.0. The van der Waals surface area contributed by atoms with E-state index in [1.807, 2.05) is 0 Å². The SMILES string of the molecule is CC(C)[C@@H]1NC(=O)[C@@H](NC(=O)[C@H](Cc2ccc(O)cc2)NC(=O)[C@@H]2CCCN2C(=O)CCN)CSSC[C@H](C(N)=O)NC(=O)[C@H](CCC(N)=O)NC(=O)[C@H](Cc2c[nH]c3ccccc23)NC(=O)[C@H](CCC(=O)O)NC(=O)CCNC(=O)[C@H](CCCNC(=N)N)NC(=O)[C@H](Cc2ccc(O)cc2)NC1=O. The fourth-order valence-corrected chi connectivity index (χ4v) is 13.7. The molecule has 3 aromatic carbocycles. The molecule has 564 valence electrons. The van der Waals surface area contributed by atoms with Crippen LogP contribution in [0.2, 0.25) is 0 Å². The summed E-state index contributed by atoms with van der Waals surface area (Å²) in [5, 5.41) is 66.9. The Balaban J connectivity index is 1.41. The first kappa shape index (κ1) is 82.3. The number of likely N-dealkylation sites (tertiary alicyclic amines) is 1. The highest BCUT2D eigenvalue weighted by Gasteiger charge is 2.39. The summed E-state index contributed by atoms with van der Waals surface area (Å²) in [7, 11) is 1.71. The van der Waals surface area contributed by atoms with E-state index in [0.29, 0.717) is 34.0 Å². The van der Waals surface area contributed by atoms with Crippen molar-refractivity contribution >= 4 is 121 Å². The normalized spacial score (nSPS) is 22.2. The van der Waals surface area contributed by atoms with Crippen molar-refractivity contribution in [1.82, 2.24) is 68.4 Å². The van der Waals surface area contributed by atoms with Gasteiger partial charge in [0.2, 0.25) is 76.8 Å². The molecule has 0 bridgehead atoms. The molecule has 1 aromatic heterocycles. The number of para-hydroxylation sites is 1. The van der Waals surface area contributed by atoms with Crippen LogP contribution in [0.4, 0.5) is 0 Å². The second kappa shape index (κ2) is 40.8. The van der Waals surface area contributed by atoms with Crippen LogP contribution in [0, 0.1) is 11.3 Å². The molecule has 35 nitrogen and oxygen atoms in total. The topological polar surface area (TPSA) is 579 Å². The number of hydrogen-bond donors (Lipinski definition) is 20. The van der Waals surface area contributed by atoms with Gasteiger partial charge in [-0.15, -0.1) is 0 Å². The molecule has 0 aliphatic carbocycles. The van der Waals surface area contributed by atoms with Gasteiger partial charge in [0.15, 0.2) is 5.96 Å². The predicted octanol–water partition coefficient (Wildman–Crippen LogP) is -3.25. The van der Waals surface area contributed by atoms with E-state index in [9.17, 15) is 77.6 Å². The van der Waals surface area contributed by atoms with Gasteiger partial charge < -0.3 is 107 Å². The Hall–Kier alpha value is -10.7. The quantitative estimate of drug-likeness (QED) is 0.0142. The van der Waals surface area contributed by atoms with Crippen LogP contribution in [0.5, 0.6) is 11.5 Å². The maximum Gasteiger partial charge on any atom is 0.303 e. The molecule has 24 N–H and O–H groups in total. The van der Waals surface area contributed by atoms with Gasteiger partial charge in [0.05, 0.1) is 0 Å². The van der Waals surface area contributed by atoms with Crippen molar-refractivity contribution in [2.45, 2.75) is 158 Å². The lowest BCUT2D eigenvalue weighted by Crippen LogP contribution is -2.61. The number of phenols is 2. The number of carboxylic acids is 1. The Labute approximate surface area is 606 Å². The van der Waals surface area contributed by atoms with E-state index >= 15 is 4.79 Å². The molecule has 0 unspecified atom stereocenters. The monoisotopic (exact) mass is 1480 g/mol. The van der Waals surface area contributed by atoms with Crippen LogP contribution in [-0.4, -0.2) is 212 Å². The summed E-state index contributed by atoms with van der Waals surface area (Å²) in [6, 6.07) is 2.95. The minimum atomic E-state index is -1.68. The Kier molecular flexibility index (Phi) is 32.3. The van der Waals surface area contributed by atoms with Gasteiger partial charge in [-0.1, -0.05) is 77.9 Å². The molecule has 0 radical (unpaired) electrons. The number of fused-ring (bicyclic) bond motifs is 1. The molecule has 2 aliphatic heterocycles. The molecule has 104 heavy (non-hydrogen) atoms. The highest BCUT2D eigenvalue weighted by molar-refractivity contribution is 8.76. The molecule has 2 saturated heterocycles. The number of primary amides is 2. The average molecular weight is 1490 g/mol. The number of aromatic amines is 1. The van der Waals surface area contributed by atoms with Crippen LogP contribution >= 0.6 is 21.6 Å². The number of amides is 13. The molecular weight excluding hydrogens is 1390 g/mol. The highest BCUT2D eigenvalue weighted by Crippen LogP contribution is 2.26. The number of hydrogen-bond acceptors (Lipinski definition) is 20. The van der Waals surface area contributed by atoms with E-state index in [-0.39, 0.29) is 87.7 Å². The zero-order valence-corrected chi connectivity index (χ0v) is 59.1. The maximum atomic E-state index is 15.0. The van der Waals surface area contributed by atoms with Crippen molar-refractivity contribution in [1.29, 1.82) is 5.41 Å². The van der Waals surface area contributed by atoms with Crippen molar-refractivity contribution < 1.29 is 82.4 Å². The number of aliphatic carboxylic acids is 1. The Bertz CT molecular complexity index is 3730. The standard InChI is InChI=1S/C67H92N18O17S2/c1-35(2)56-66(102)81-47(30-37-13-17-40(87)18-14-37)61(97)77-43(9-5-26-74-67(71)72)58(94)73-27-24-53(89)76-44(20-22-55(91)92)59(95)79-48(31-38-32-75-42-8-4-3-7-41(38)42)63(99)78-45(19-21-52(69)88)60(96)82-49(57(70)93)33-103-104-34-50(64(100)84-56)83-62(98)46(29-36-11-15-39(86)16-12-36)80-65(101)51-10-6-28-85(51)54(90)23-25-68/h3-4,7-8,11-18,32,35,43-51,56,75,86-87H,5-6,9-10,19-31,33-34,68H2,1-2H3,(H2,69,88)(H2,70,93)(H,73,94)(H,76,89)(H,77,97)(H,78,99)(H,79,95)(H,80,101)(H,81,102)(H,82,96)(H,83,98)(H,84,100)(H,91,92)(H4,71,72,74)/t43-,44-,45-,46-,47-,48-,49+,50-,51-,56-/m0/s1. The third-order valence-electron chi connectivity index (χ3n) is 17.0. The van der Waals surface area contributed by atoms with E-state index in [1.54, 1.807) is 44.3 Å². The first-order valence-electron chi connectivity index (χ1n) is 33.7. The first-order chi connectivity index (χ1) is 49.5. The molecular formula is C67H92N18O17S2. The Morgan fingerprint density at radius 2 is 1.25 bits per heavy atom. The number of benzene rings is 3. The molecule has 10 atom stereocenters. The summed E-state index contributed by atoms with van der Waals surface area (Å²) in [5.74, 6) is -15.5. The van der Waals surface area contributed by atoms with Crippen molar-refractivity contribution in [3.05, 3.63) is 95.7 Å². The van der Waals surface area contributed by atoms with E-state index < -0.39 is 194 Å². The predicted molar refractivity (Wildman–Crippen MR) is 382 cm³/mol. The van der Waals surface area contributed by atoms with Crippen LogP contribution in [0.3, 0.4) is 0 Å². The summed E-state index contributed by atoms with van der Waals surface area (Å²) >= 11 is 0. The zero-order chi connectivity index (χ0) is 76.2. The van der Waals surface area contributed by atoms with Crippen LogP contribution in [0.25, 0.3) is 10.9 Å². The van der Waals surface area contributed by atoms with Crippen molar-refractivity contribution in [3.63, 3.8) is 0 Å². The van der Waals surface area contributed by atoms with Crippen molar-refractivity contribution in [2.75, 3.05) is 37.7 Å². The molecule has 2 aliphatic rings. The molecule has 0 saturated carbocycles. The number of aromatic nitrogens is 1. The Morgan fingerprint density at radius 1 is 0.663 bits per heavy atom. The lowest BCUT2D eigenvalue weighted by molar-refractivity contribution is -0.139. The van der Waals surface area contributed by atoms with Gasteiger partial charge >= 0.3 is 5.97 Å². The number of H-pyrrole nitrogens is 1. The van der Waals surface area contributed by atoms with Gasteiger partial charge in [-0.25, -0.2) is 0 Å². The first-order valence-corrected chi connectivity index (χ1v) is 36.2. The lowest BCUT2D eigenvalue weighted by atomic mass is 10.00. The minimum absolute atomic E-state index is 0.00768. The minimum Gasteiger partial charge on any atom is -0.508 e. The van der Waals surface area contributed by atoms with E-state index in [2.05, 4.69) is 63.5 Å². The number of nitrogens with two attached hydrogens (primary N) is 4. The van der Waals surface area contributed by atoms with Gasteiger partial charge in [-0.3, -0.25) is 72.5 Å². The summed E-state index contributed by atoms with van der Waals surface area (Å²) in [6.45, 7) is 2.94. The lowest BCUT2D eigenvalue weighted by Gasteiger charge is -2.29. The molecule has 13 amide bonds. The largest absolute Gasteiger partial charge is 0.508 e. The molecule has 4 aromatic rings. The number of nitrogens with zero attached hydrogens (tertiary/aromatic N) is 1. The molecule has 37 heteroatoms. The van der Waals surface area contributed by atoms with Gasteiger partial charge in [0.1, 0.15) is 71.9 Å². The summed E-state index contributed by atoms with van der Waals surface area (Å²) < 4.78 is 0. The van der Waals surface area contributed by atoms with Crippen LogP contribution in [-0.2, 0) is 86.4 Å². The number of rotatable bonds is 24. The third-order valence-corrected chi connectivity index (χ3v) is 19.4. The second-order valence-electron chi connectivity index (χ2n) is 25.3. The van der Waals surface area contributed by atoms with Gasteiger partial charge in [-0.05, 0) is 91.5 Å². The van der Waals surface area contributed by atoms with Crippen molar-refractivity contribution in [3.8, 4) is 11.5 Å². The number of carbonyl (C=O) groups is 14. The number of guanidine groups is 1. The fourth-order valence-electron chi connectivity index (χ4n) is 11.4. The zero-order valence-electron chi connectivity index (χ0n) is 57.4. The second-order valence-corrected chi connectivity index (χ2v) is 27.9. The summed E-state index contributed by atoms with van der Waals surface area (Å²) in [4.78, 5) is 200. The average Bonchev–Trinajstić information content (AvgIpc) is 1.66. The van der Waals surface area contributed by atoms with Gasteiger partial charge in [0.25, 0.3) is 0 Å².